The van der Waals surface area contributed by atoms with E-state index in [0.29, 0.717) is 34.3 Å². The van der Waals surface area contributed by atoms with Gasteiger partial charge in [-0.3, -0.25) is 4.68 Å². The van der Waals surface area contributed by atoms with Crippen molar-refractivity contribution in [1.29, 1.82) is 0 Å². The van der Waals surface area contributed by atoms with Crippen molar-refractivity contribution in [2.45, 2.75) is 18.9 Å². The van der Waals surface area contributed by atoms with Crippen LogP contribution in [-0.4, -0.2) is 16.4 Å². The van der Waals surface area contributed by atoms with Gasteiger partial charge in [-0.1, -0.05) is 17.7 Å². The molecule has 1 atom stereocenters. The minimum atomic E-state index is -0.406. The van der Waals surface area contributed by atoms with Gasteiger partial charge in [0, 0.05) is 19.2 Å². The van der Waals surface area contributed by atoms with E-state index in [0.717, 1.165) is 12.8 Å². The van der Waals surface area contributed by atoms with Crippen molar-refractivity contribution in [2.75, 3.05) is 12.3 Å². The lowest BCUT2D eigenvalue weighted by Gasteiger charge is -2.11. The quantitative estimate of drug-likeness (QED) is 0.925. The molecule has 1 aliphatic rings. The van der Waals surface area contributed by atoms with Crippen LogP contribution < -0.4 is 5.73 Å². The fourth-order valence-corrected chi connectivity index (χ4v) is 2.83. The zero-order valence-corrected chi connectivity index (χ0v) is 11.8. The molecule has 2 N–H and O–H groups in total. The van der Waals surface area contributed by atoms with Crippen LogP contribution in [0.15, 0.2) is 18.2 Å². The SMILES string of the molecule is Cn1nc(C2CCCO2)c(-c2c(F)cccc2Cl)c1N. The molecule has 4 nitrogen and oxygen atoms in total. The molecule has 6 heteroatoms. The first kappa shape index (κ1) is 13.4. The summed E-state index contributed by atoms with van der Waals surface area (Å²) in [7, 11) is 1.73. The molecule has 0 amide bonds. The highest BCUT2D eigenvalue weighted by Crippen LogP contribution is 2.41. The number of aryl methyl sites for hydroxylation is 1. The predicted octanol–water partition coefficient (Wildman–Crippen LogP) is 3.31. The maximum absolute atomic E-state index is 14.2. The summed E-state index contributed by atoms with van der Waals surface area (Å²) < 4.78 is 21.4. The molecule has 0 spiro atoms. The molecule has 3 rings (SSSR count). The van der Waals surface area contributed by atoms with Gasteiger partial charge in [0.2, 0.25) is 0 Å². The fraction of sp³-hybridized carbons (Fsp3) is 0.357. The van der Waals surface area contributed by atoms with E-state index in [4.69, 9.17) is 22.1 Å². The van der Waals surface area contributed by atoms with Crippen LogP contribution in [0.3, 0.4) is 0 Å². The molecule has 1 fully saturated rings. The van der Waals surface area contributed by atoms with E-state index >= 15 is 0 Å². The van der Waals surface area contributed by atoms with Crippen LogP contribution in [0.1, 0.15) is 24.6 Å². The molecule has 0 saturated carbocycles. The van der Waals surface area contributed by atoms with Gasteiger partial charge in [-0.05, 0) is 25.0 Å². The Morgan fingerprint density at radius 2 is 2.25 bits per heavy atom. The fourth-order valence-electron chi connectivity index (χ4n) is 2.57. The van der Waals surface area contributed by atoms with Crippen molar-refractivity contribution >= 4 is 17.4 Å². The largest absolute Gasteiger partial charge is 0.383 e. The van der Waals surface area contributed by atoms with E-state index in [1.165, 1.54) is 10.7 Å². The number of aromatic nitrogens is 2. The highest BCUT2D eigenvalue weighted by molar-refractivity contribution is 6.33. The van der Waals surface area contributed by atoms with Gasteiger partial charge >= 0.3 is 0 Å². The van der Waals surface area contributed by atoms with Gasteiger partial charge in [0.15, 0.2) is 0 Å². The molecule has 2 heterocycles. The van der Waals surface area contributed by atoms with Crippen LogP contribution >= 0.6 is 11.6 Å². The first-order chi connectivity index (χ1) is 9.59. The Morgan fingerprint density at radius 1 is 1.45 bits per heavy atom. The zero-order chi connectivity index (χ0) is 14.3. The van der Waals surface area contributed by atoms with Crippen LogP contribution in [0.25, 0.3) is 11.1 Å². The maximum Gasteiger partial charge on any atom is 0.132 e. The molecule has 1 saturated heterocycles. The van der Waals surface area contributed by atoms with E-state index in [9.17, 15) is 4.39 Å². The Morgan fingerprint density at radius 3 is 2.90 bits per heavy atom. The molecule has 1 aromatic heterocycles. The van der Waals surface area contributed by atoms with E-state index < -0.39 is 5.82 Å². The van der Waals surface area contributed by atoms with Gasteiger partial charge in [-0.15, -0.1) is 0 Å². The third kappa shape index (κ3) is 2.07. The van der Waals surface area contributed by atoms with Gasteiger partial charge in [0.05, 0.1) is 10.6 Å². The molecule has 0 bridgehead atoms. The van der Waals surface area contributed by atoms with E-state index in [-0.39, 0.29) is 6.10 Å². The van der Waals surface area contributed by atoms with E-state index in [1.54, 1.807) is 19.2 Å². The van der Waals surface area contributed by atoms with Crippen molar-refractivity contribution in [3.05, 3.63) is 34.7 Å². The summed E-state index contributed by atoms with van der Waals surface area (Å²) >= 11 is 6.15. The minimum Gasteiger partial charge on any atom is -0.383 e. The summed E-state index contributed by atoms with van der Waals surface area (Å²) in [6.07, 6.45) is 1.67. The van der Waals surface area contributed by atoms with Crippen LogP contribution in [0.4, 0.5) is 10.2 Å². The lowest BCUT2D eigenvalue weighted by Crippen LogP contribution is -2.00. The van der Waals surface area contributed by atoms with Crippen LogP contribution in [-0.2, 0) is 11.8 Å². The average Bonchev–Trinajstić information content (AvgIpc) is 3.01. The van der Waals surface area contributed by atoms with Gasteiger partial charge < -0.3 is 10.5 Å². The number of hydrogen-bond donors (Lipinski definition) is 1. The minimum absolute atomic E-state index is 0.149. The summed E-state index contributed by atoms with van der Waals surface area (Å²) in [4.78, 5) is 0. The van der Waals surface area contributed by atoms with E-state index in [1.807, 2.05) is 0 Å². The first-order valence-corrected chi connectivity index (χ1v) is 6.85. The Labute approximate surface area is 121 Å². The molecule has 0 aliphatic carbocycles. The number of anilines is 1. The van der Waals surface area contributed by atoms with Crippen molar-refractivity contribution in [2.24, 2.45) is 7.05 Å². The number of benzene rings is 1. The summed E-state index contributed by atoms with van der Waals surface area (Å²) in [5, 5.41) is 4.72. The van der Waals surface area contributed by atoms with Crippen molar-refractivity contribution in [3.63, 3.8) is 0 Å². The summed E-state index contributed by atoms with van der Waals surface area (Å²) in [6, 6.07) is 4.58. The smallest absolute Gasteiger partial charge is 0.132 e. The highest BCUT2D eigenvalue weighted by atomic mass is 35.5. The van der Waals surface area contributed by atoms with Crippen LogP contribution in [0.2, 0.25) is 5.02 Å². The third-order valence-electron chi connectivity index (χ3n) is 3.57. The second-order valence-corrected chi connectivity index (χ2v) is 5.27. The number of nitrogen functional groups attached to an aromatic ring is 1. The average molecular weight is 296 g/mol. The summed E-state index contributed by atoms with van der Waals surface area (Å²) in [6.45, 7) is 0.686. The number of halogens is 2. The molecule has 1 aliphatic heterocycles. The van der Waals surface area contributed by atoms with Crippen molar-refractivity contribution in [3.8, 4) is 11.1 Å². The molecular formula is C14H15ClFN3O. The van der Waals surface area contributed by atoms with Crippen molar-refractivity contribution in [1.82, 2.24) is 9.78 Å². The van der Waals surface area contributed by atoms with Gasteiger partial charge in [-0.25, -0.2) is 4.39 Å². The Balaban J connectivity index is 2.22. The summed E-state index contributed by atoms with van der Waals surface area (Å²) in [5.74, 6) is -0.0149. The number of nitrogens with two attached hydrogens (primary N) is 1. The van der Waals surface area contributed by atoms with Crippen molar-refractivity contribution < 1.29 is 9.13 Å². The monoisotopic (exact) mass is 295 g/mol. The Hall–Kier alpha value is -1.59. The molecule has 1 unspecified atom stereocenters. The molecule has 0 radical (unpaired) electrons. The number of ether oxygens (including phenoxy) is 1. The molecule has 1 aromatic carbocycles. The second-order valence-electron chi connectivity index (χ2n) is 4.87. The number of nitrogens with zero attached hydrogens (tertiary/aromatic N) is 2. The standard InChI is InChI=1S/C14H15ClFN3O/c1-19-14(17)12(11-8(15)4-2-5-9(11)16)13(18-19)10-6-3-7-20-10/h2,4-5,10H,3,6-7,17H2,1H3. The van der Waals surface area contributed by atoms with Gasteiger partial charge in [-0.2, -0.15) is 5.10 Å². The third-order valence-corrected chi connectivity index (χ3v) is 3.88. The normalized spacial score (nSPS) is 18.6. The highest BCUT2D eigenvalue weighted by Gasteiger charge is 2.29. The first-order valence-electron chi connectivity index (χ1n) is 6.48. The molecule has 2 aromatic rings. The Bertz CT molecular complexity index is 630. The van der Waals surface area contributed by atoms with Crippen LogP contribution in [0, 0.1) is 5.82 Å². The Kier molecular flexibility index (Phi) is 3.40. The van der Waals surface area contributed by atoms with Crippen LogP contribution in [0.5, 0.6) is 0 Å². The zero-order valence-electron chi connectivity index (χ0n) is 11.1. The number of rotatable bonds is 2. The maximum atomic E-state index is 14.2. The van der Waals surface area contributed by atoms with E-state index in [2.05, 4.69) is 5.10 Å². The molecule has 20 heavy (non-hydrogen) atoms. The second kappa shape index (κ2) is 5.07. The lowest BCUT2D eigenvalue weighted by molar-refractivity contribution is 0.108. The van der Waals surface area contributed by atoms with Gasteiger partial charge in [0.25, 0.3) is 0 Å². The number of hydrogen-bond acceptors (Lipinski definition) is 3. The van der Waals surface area contributed by atoms with Gasteiger partial charge in [0.1, 0.15) is 23.4 Å². The lowest BCUT2D eigenvalue weighted by atomic mass is 10.0. The topological polar surface area (TPSA) is 53.1 Å². The predicted molar refractivity (Wildman–Crippen MR) is 76.0 cm³/mol. The molecular weight excluding hydrogens is 281 g/mol. The molecule has 106 valence electrons. The summed E-state index contributed by atoms with van der Waals surface area (Å²) in [5.41, 5.74) is 7.56.